The van der Waals surface area contributed by atoms with E-state index < -0.39 is 5.97 Å². The number of carboxylic acid groups (broad SMARTS) is 1. The monoisotopic (exact) mass is 319 g/mol. The number of carboxylic acids is 1. The van der Waals surface area contributed by atoms with Gasteiger partial charge in [0.15, 0.2) is 0 Å². The minimum Gasteiger partial charge on any atom is -0.478 e. The Morgan fingerprint density at radius 1 is 1.30 bits per heavy atom. The van der Waals surface area contributed by atoms with Gasteiger partial charge in [0.2, 0.25) is 5.91 Å². The SMILES string of the molecule is Cc1oc(CN(C)C(=O)C2CC2C2CCCCC2)cc1C(=O)O. The van der Waals surface area contributed by atoms with E-state index >= 15 is 0 Å². The third-order valence-electron chi connectivity index (χ3n) is 5.38. The van der Waals surface area contributed by atoms with Crippen molar-refractivity contribution in [2.45, 2.75) is 52.0 Å². The van der Waals surface area contributed by atoms with E-state index in [2.05, 4.69) is 0 Å². The highest BCUT2D eigenvalue weighted by Gasteiger charge is 2.48. The second-order valence-electron chi connectivity index (χ2n) is 7.09. The third kappa shape index (κ3) is 3.43. The Hall–Kier alpha value is -1.78. The summed E-state index contributed by atoms with van der Waals surface area (Å²) in [6.07, 6.45) is 7.52. The molecule has 126 valence electrons. The van der Waals surface area contributed by atoms with Gasteiger partial charge in [-0.15, -0.1) is 0 Å². The molecule has 3 rings (SSSR count). The van der Waals surface area contributed by atoms with E-state index in [1.165, 1.54) is 38.2 Å². The number of carbonyl (C=O) groups is 2. The van der Waals surface area contributed by atoms with Crippen LogP contribution < -0.4 is 0 Å². The summed E-state index contributed by atoms with van der Waals surface area (Å²) in [7, 11) is 1.77. The summed E-state index contributed by atoms with van der Waals surface area (Å²) in [6.45, 7) is 1.97. The number of hydrogen-bond donors (Lipinski definition) is 1. The molecule has 5 nitrogen and oxygen atoms in total. The molecule has 0 aliphatic heterocycles. The highest BCUT2D eigenvalue weighted by atomic mass is 16.4. The van der Waals surface area contributed by atoms with E-state index in [0.29, 0.717) is 24.0 Å². The van der Waals surface area contributed by atoms with Crippen LogP contribution in [0.5, 0.6) is 0 Å². The zero-order valence-corrected chi connectivity index (χ0v) is 13.9. The number of aromatic carboxylic acids is 1. The van der Waals surface area contributed by atoms with Gasteiger partial charge in [0, 0.05) is 13.0 Å². The maximum absolute atomic E-state index is 12.6. The summed E-state index contributed by atoms with van der Waals surface area (Å²) < 4.78 is 5.47. The summed E-state index contributed by atoms with van der Waals surface area (Å²) in [5.74, 6) is 1.56. The molecule has 2 saturated carbocycles. The number of nitrogens with zero attached hydrogens (tertiary/aromatic N) is 1. The average molecular weight is 319 g/mol. The van der Waals surface area contributed by atoms with Gasteiger partial charge in [-0.05, 0) is 31.2 Å². The van der Waals surface area contributed by atoms with Gasteiger partial charge < -0.3 is 14.4 Å². The first-order chi connectivity index (χ1) is 11.0. The normalized spacial score (nSPS) is 24.4. The minimum atomic E-state index is -0.994. The molecule has 0 saturated heterocycles. The lowest BCUT2D eigenvalue weighted by atomic mass is 9.85. The third-order valence-corrected chi connectivity index (χ3v) is 5.38. The van der Waals surface area contributed by atoms with Crippen LogP contribution in [-0.4, -0.2) is 28.9 Å². The van der Waals surface area contributed by atoms with Gasteiger partial charge in [-0.25, -0.2) is 4.79 Å². The molecule has 2 unspecified atom stereocenters. The molecular weight excluding hydrogens is 294 g/mol. The minimum absolute atomic E-state index is 0.165. The summed E-state index contributed by atoms with van der Waals surface area (Å²) in [5, 5.41) is 9.06. The quantitative estimate of drug-likeness (QED) is 0.902. The Balaban J connectivity index is 1.56. The predicted molar refractivity (Wildman–Crippen MR) is 85.1 cm³/mol. The molecule has 0 spiro atoms. The molecular formula is C18H25NO4. The second kappa shape index (κ2) is 6.38. The summed E-state index contributed by atoms with van der Waals surface area (Å²) in [5.41, 5.74) is 0.173. The molecule has 0 radical (unpaired) electrons. The summed E-state index contributed by atoms with van der Waals surface area (Å²) in [6, 6.07) is 1.52. The molecule has 2 aliphatic rings. The van der Waals surface area contributed by atoms with Gasteiger partial charge in [0.25, 0.3) is 0 Å². The first-order valence-electron chi connectivity index (χ1n) is 8.55. The van der Waals surface area contributed by atoms with Crippen LogP contribution in [-0.2, 0) is 11.3 Å². The van der Waals surface area contributed by atoms with Crippen LogP contribution in [0.4, 0.5) is 0 Å². The Labute approximate surface area is 136 Å². The van der Waals surface area contributed by atoms with Crippen molar-refractivity contribution in [2.24, 2.45) is 17.8 Å². The molecule has 5 heteroatoms. The maximum Gasteiger partial charge on any atom is 0.339 e. The van der Waals surface area contributed by atoms with E-state index in [0.717, 1.165) is 12.3 Å². The van der Waals surface area contributed by atoms with E-state index in [9.17, 15) is 9.59 Å². The van der Waals surface area contributed by atoms with Gasteiger partial charge in [-0.1, -0.05) is 32.1 Å². The van der Waals surface area contributed by atoms with Gasteiger partial charge in [0.1, 0.15) is 17.1 Å². The molecule has 2 atom stereocenters. The van der Waals surface area contributed by atoms with Crippen molar-refractivity contribution in [1.82, 2.24) is 4.90 Å². The fourth-order valence-electron chi connectivity index (χ4n) is 4.01. The van der Waals surface area contributed by atoms with Crippen molar-refractivity contribution >= 4 is 11.9 Å². The molecule has 0 aromatic carbocycles. The summed E-state index contributed by atoms with van der Waals surface area (Å²) in [4.78, 5) is 25.3. The molecule has 1 heterocycles. The number of rotatable bonds is 5. The number of amides is 1. The molecule has 1 amide bonds. The van der Waals surface area contributed by atoms with Gasteiger partial charge >= 0.3 is 5.97 Å². The van der Waals surface area contributed by atoms with Crippen LogP contribution in [0.1, 0.15) is 60.4 Å². The van der Waals surface area contributed by atoms with Gasteiger partial charge in [-0.2, -0.15) is 0 Å². The summed E-state index contributed by atoms with van der Waals surface area (Å²) >= 11 is 0. The van der Waals surface area contributed by atoms with Crippen molar-refractivity contribution < 1.29 is 19.1 Å². The second-order valence-corrected chi connectivity index (χ2v) is 7.09. The van der Waals surface area contributed by atoms with Crippen LogP contribution in [0, 0.1) is 24.7 Å². The van der Waals surface area contributed by atoms with Crippen LogP contribution in [0.15, 0.2) is 10.5 Å². The standard InChI is InChI=1S/C18H25NO4/c1-11-14(18(21)22)8-13(23-11)10-19(2)17(20)16-9-15(16)12-6-4-3-5-7-12/h8,12,15-16H,3-7,9-10H2,1-2H3,(H,21,22). The fourth-order valence-corrected chi connectivity index (χ4v) is 4.01. The first-order valence-corrected chi connectivity index (χ1v) is 8.55. The highest BCUT2D eigenvalue weighted by Crippen LogP contribution is 2.50. The van der Waals surface area contributed by atoms with Gasteiger partial charge in [-0.3, -0.25) is 4.79 Å². The Morgan fingerprint density at radius 2 is 2.00 bits per heavy atom. The van der Waals surface area contributed by atoms with Crippen molar-refractivity contribution in [2.75, 3.05) is 7.05 Å². The van der Waals surface area contributed by atoms with E-state index in [1.807, 2.05) is 0 Å². The largest absolute Gasteiger partial charge is 0.478 e. The van der Waals surface area contributed by atoms with Crippen LogP contribution >= 0.6 is 0 Å². The Bertz CT molecular complexity index is 600. The lowest BCUT2D eigenvalue weighted by Gasteiger charge is -2.22. The topological polar surface area (TPSA) is 70.8 Å². The molecule has 23 heavy (non-hydrogen) atoms. The highest BCUT2D eigenvalue weighted by molar-refractivity contribution is 5.88. The average Bonchev–Trinajstić information content (AvgIpc) is 3.24. The fraction of sp³-hybridized carbons (Fsp3) is 0.667. The number of hydrogen-bond acceptors (Lipinski definition) is 3. The number of carbonyl (C=O) groups excluding carboxylic acids is 1. The molecule has 1 N–H and O–H groups in total. The number of aryl methyl sites for hydroxylation is 1. The van der Waals surface area contributed by atoms with Crippen molar-refractivity contribution in [3.8, 4) is 0 Å². The van der Waals surface area contributed by atoms with Crippen molar-refractivity contribution in [1.29, 1.82) is 0 Å². The lowest BCUT2D eigenvalue weighted by molar-refractivity contribution is -0.132. The molecule has 1 aromatic heterocycles. The predicted octanol–water partition coefficient (Wildman–Crippen LogP) is 3.46. The smallest absolute Gasteiger partial charge is 0.339 e. The maximum atomic E-state index is 12.6. The lowest BCUT2D eigenvalue weighted by Crippen LogP contribution is -2.28. The van der Waals surface area contributed by atoms with Gasteiger partial charge in [0.05, 0.1) is 6.54 Å². The molecule has 1 aromatic rings. The molecule has 2 aliphatic carbocycles. The van der Waals surface area contributed by atoms with Crippen LogP contribution in [0.25, 0.3) is 0 Å². The zero-order chi connectivity index (χ0) is 16.6. The van der Waals surface area contributed by atoms with Crippen molar-refractivity contribution in [3.05, 3.63) is 23.2 Å². The van der Waals surface area contributed by atoms with Crippen molar-refractivity contribution in [3.63, 3.8) is 0 Å². The Kier molecular flexibility index (Phi) is 4.46. The molecule has 2 fully saturated rings. The Morgan fingerprint density at radius 3 is 2.61 bits per heavy atom. The molecule has 0 bridgehead atoms. The zero-order valence-electron chi connectivity index (χ0n) is 13.9. The number of furan rings is 1. The van der Waals surface area contributed by atoms with Crippen LogP contribution in [0.3, 0.4) is 0 Å². The van der Waals surface area contributed by atoms with E-state index in [1.54, 1.807) is 18.9 Å². The van der Waals surface area contributed by atoms with E-state index in [4.69, 9.17) is 9.52 Å². The van der Waals surface area contributed by atoms with E-state index in [-0.39, 0.29) is 17.4 Å². The first kappa shape index (κ1) is 16.1. The van der Waals surface area contributed by atoms with Crippen LogP contribution in [0.2, 0.25) is 0 Å².